The maximum Gasteiger partial charge on any atom is 1.00 e. The number of carbonyl (C=O) groups excluding carboxylic acids is 2. The molecule has 1 fully saturated rings. The summed E-state index contributed by atoms with van der Waals surface area (Å²) in [4.78, 5) is 23.9. The molecule has 4 atom stereocenters. The minimum Gasteiger partial charge on any atom is -0.550 e. The van der Waals surface area contributed by atoms with E-state index in [1.54, 1.807) is 0 Å². The van der Waals surface area contributed by atoms with Crippen LogP contribution in [0.4, 0.5) is 0 Å². The van der Waals surface area contributed by atoms with E-state index >= 15 is 0 Å². The minimum atomic E-state index is -1.14. The SMILES string of the molecule is Cc1cc(C)n(-c2ccccc2CNC(=O)[C@H]2C(C)C(C)[C@H]2C(=O)[O-])n1.[Na+]. The molecule has 1 N–H and O–H groups in total. The predicted octanol–water partition coefficient (Wildman–Crippen LogP) is -1.62. The van der Waals surface area contributed by atoms with E-state index in [9.17, 15) is 14.7 Å². The van der Waals surface area contributed by atoms with E-state index in [1.807, 2.05) is 62.7 Å². The zero-order valence-corrected chi connectivity index (χ0v) is 18.5. The largest absolute Gasteiger partial charge is 1.00 e. The van der Waals surface area contributed by atoms with Crippen molar-refractivity contribution in [2.75, 3.05) is 0 Å². The van der Waals surface area contributed by atoms with E-state index in [2.05, 4.69) is 10.4 Å². The molecule has 1 amide bonds. The zero-order chi connectivity index (χ0) is 19.0. The van der Waals surface area contributed by atoms with E-state index in [4.69, 9.17) is 0 Å². The van der Waals surface area contributed by atoms with Gasteiger partial charge in [0.1, 0.15) is 0 Å². The number of aliphatic carboxylic acids is 1. The molecule has 1 aliphatic rings. The van der Waals surface area contributed by atoms with E-state index in [1.165, 1.54) is 0 Å². The molecule has 0 aliphatic heterocycles. The van der Waals surface area contributed by atoms with Crippen LogP contribution in [0.15, 0.2) is 30.3 Å². The average Bonchev–Trinajstić information content (AvgIpc) is 2.94. The van der Waals surface area contributed by atoms with Gasteiger partial charge in [-0.05, 0) is 43.4 Å². The summed E-state index contributed by atoms with van der Waals surface area (Å²) in [5.41, 5.74) is 3.78. The van der Waals surface area contributed by atoms with Crippen molar-refractivity contribution in [2.45, 2.75) is 34.2 Å². The smallest absolute Gasteiger partial charge is 0.550 e. The fourth-order valence-corrected chi connectivity index (χ4v) is 3.97. The number of nitrogens with one attached hydrogen (secondary N) is 1. The number of carboxylic acids is 1. The number of carboxylic acid groups (broad SMARTS) is 1. The second-order valence-electron chi connectivity index (χ2n) is 7.27. The molecule has 138 valence electrons. The molecule has 1 heterocycles. The van der Waals surface area contributed by atoms with Gasteiger partial charge in [-0.3, -0.25) is 4.79 Å². The fraction of sp³-hybridized carbons (Fsp3) is 0.450. The summed E-state index contributed by atoms with van der Waals surface area (Å²) < 4.78 is 1.86. The van der Waals surface area contributed by atoms with E-state index in [-0.39, 0.29) is 47.3 Å². The summed E-state index contributed by atoms with van der Waals surface area (Å²) in [6, 6.07) is 9.74. The Balaban J connectivity index is 0.00000261. The van der Waals surface area contributed by atoms with Gasteiger partial charge in [-0.25, -0.2) is 4.68 Å². The molecular formula is C20H24N3NaO3. The van der Waals surface area contributed by atoms with Crippen molar-refractivity contribution in [3.05, 3.63) is 47.3 Å². The van der Waals surface area contributed by atoms with Crippen LogP contribution in [-0.4, -0.2) is 21.7 Å². The van der Waals surface area contributed by atoms with Gasteiger partial charge in [0.15, 0.2) is 0 Å². The Morgan fingerprint density at radius 3 is 2.37 bits per heavy atom. The van der Waals surface area contributed by atoms with Gasteiger partial charge in [-0.15, -0.1) is 0 Å². The van der Waals surface area contributed by atoms with Gasteiger partial charge >= 0.3 is 29.6 Å². The van der Waals surface area contributed by atoms with Crippen molar-refractivity contribution in [1.82, 2.24) is 15.1 Å². The number of benzene rings is 1. The number of carbonyl (C=O) groups is 2. The van der Waals surface area contributed by atoms with Gasteiger partial charge in [0.25, 0.3) is 0 Å². The van der Waals surface area contributed by atoms with Crippen LogP contribution in [0.25, 0.3) is 5.69 Å². The molecule has 1 aliphatic carbocycles. The molecule has 0 spiro atoms. The van der Waals surface area contributed by atoms with E-state index < -0.39 is 17.8 Å². The third-order valence-corrected chi connectivity index (χ3v) is 5.61. The van der Waals surface area contributed by atoms with Gasteiger partial charge in [-0.2, -0.15) is 5.10 Å². The normalized spacial score (nSPS) is 23.9. The van der Waals surface area contributed by atoms with Crippen molar-refractivity contribution < 1.29 is 44.3 Å². The maximum absolute atomic E-state index is 12.6. The van der Waals surface area contributed by atoms with Crippen molar-refractivity contribution in [3.63, 3.8) is 0 Å². The molecule has 1 aromatic carbocycles. The zero-order valence-electron chi connectivity index (χ0n) is 16.5. The molecule has 1 saturated carbocycles. The Morgan fingerprint density at radius 1 is 1.15 bits per heavy atom. The van der Waals surface area contributed by atoms with Crippen LogP contribution in [-0.2, 0) is 16.1 Å². The van der Waals surface area contributed by atoms with Crippen LogP contribution >= 0.6 is 0 Å². The van der Waals surface area contributed by atoms with E-state index in [0.717, 1.165) is 22.6 Å². The molecule has 2 unspecified atom stereocenters. The molecule has 7 heteroatoms. The van der Waals surface area contributed by atoms with Gasteiger partial charge in [0, 0.05) is 30.0 Å². The molecule has 0 saturated heterocycles. The third-order valence-electron chi connectivity index (χ3n) is 5.61. The summed E-state index contributed by atoms with van der Waals surface area (Å²) in [6.45, 7) is 8.01. The Labute approximate surface area is 181 Å². The van der Waals surface area contributed by atoms with Crippen LogP contribution in [0.5, 0.6) is 0 Å². The monoisotopic (exact) mass is 377 g/mol. The summed E-state index contributed by atoms with van der Waals surface area (Å²) in [5, 5.41) is 18.7. The molecular weight excluding hydrogens is 353 g/mol. The molecule has 6 nitrogen and oxygen atoms in total. The van der Waals surface area contributed by atoms with Crippen molar-refractivity contribution in [1.29, 1.82) is 0 Å². The molecule has 2 aromatic rings. The standard InChI is InChI=1S/C20H25N3O3.Na/c1-11-9-12(2)23(22-11)16-8-6-5-7-15(16)10-21-19(24)17-13(3)14(4)18(17)20(25)26;/h5-9,13-14,17-18H,10H2,1-4H3,(H,21,24)(H,25,26);/q;+1/p-1/t13?,14?,17-,18+;/m0./s1. The summed E-state index contributed by atoms with van der Waals surface area (Å²) in [6.07, 6.45) is 0. The number of rotatable bonds is 5. The summed E-state index contributed by atoms with van der Waals surface area (Å²) in [7, 11) is 0. The van der Waals surface area contributed by atoms with Crippen molar-refractivity contribution in [2.24, 2.45) is 23.7 Å². The first-order valence-electron chi connectivity index (χ1n) is 8.91. The molecule has 3 rings (SSSR count). The minimum absolute atomic E-state index is 0. The Hall–Kier alpha value is -1.63. The fourth-order valence-electron chi connectivity index (χ4n) is 3.97. The van der Waals surface area contributed by atoms with Gasteiger partial charge in [0.05, 0.1) is 11.4 Å². The number of nitrogens with zero attached hydrogens (tertiary/aromatic N) is 2. The first-order valence-corrected chi connectivity index (χ1v) is 8.91. The molecule has 1 aromatic heterocycles. The second kappa shape index (κ2) is 8.59. The van der Waals surface area contributed by atoms with E-state index in [0.29, 0.717) is 6.54 Å². The van der Waals surface area contributed by atoms with Crippen LogP contribution in [0.2, 0.25) is 0 Å². The second-order valence-corrected chi connectivity index (χ2v) is 7.27. The van der Waals surface area contributed by atoms with Crippen LogP contribution in [0.3, 0.4) is 0 Å². The van der Waals surface area contributed by atoms with Crippen molar-refractivity contribution >= 4 is 11.9 Å². The quantitative estimate of drug-likeness (QED) is 0.635. The number of amides is 1. The van der Waals surface area contributed by atoms with Crippen LogP contribution in [0, 0.1) is 37.5 Å². The molecule has 27 heavy (non-hydrogen) atoms. The number of aryl methyl sites for hydroxylation is 2. The Morgan fingerprint density at radius 2 is 1.78 bits per heavy atom. The summed E-state index contributed by atoms with van der Waals surface area (Å²) in [5.74, 6) is -2.62. The van der Waals surface area contributed by atoms with Crippen molar-refractivity contribution in [3.8, 4) is 5.69 Å². The van der Waals surface area contributed by atoms with Crippen LogP contribution in [0.1, 0.15) is 30.8 Å². The van der Waals surface area contributed by atoms with Gasteiger partial charge < -0.3 is 15.2 Å². The Bertz CT molecular complexity index is 849. The van der Waals surface area contributed by atoms with Gasteiger partial charge in [0.2, 0.25) is 5.91 Å². The average molecular weight is 377 g/mol. The maximum atomic E-state index is 12.6. The predicted molar refractivity (Wildman–Crippen MR) is 95.2 cm³/mol. The first-order chi connectivity index (χ1) is 12.3. The number of aromatic nitrogens is 2. The number of hydrogen-bond donors (Lipinski definition) is 1. The van der Waals surface area contributed by atoms with Gasteiger partial charge in [-0.1, -0.05) is 32.0 Å². The topological polar surface area (TPSA) is 87.0 Å². The molecule has 0 bridgehead atoms. The van der Waals surface area contributed by atoms with Crippen LogP contribution < -0.4 is 40.0 Å². The number of hydrogen-bond acceptors (Lipinski definition) is 4. The third kappa shape index (κ3) is 4.13. The first kappa shape index (κ1) is 21.7. The summed E-state index contributed by atoms with van der Waals surface area (Å²) >= 11 is 0. The number of para-hydroxylation sites is 1. The Kier molecular flexibility index (Phi) is 6.89. The molecule has 0 radical (unpaired) electrons.